The van der Waals surface area contributed by atoms with Crippen LogP contribution in [0.5, 0.6) is 0 Å². The Balaban J connectivity index is 1.46. The Morgan fingerprint density at radius 3 is 2.04 bits per heavy atom. The third-order valence-corrected chi connectivity index (χ3v) is 12.5. The third-order valence-electron chi connectivity index (χ3n) is 10.5. The number of hydrogen-bond donors (Lipinski definition) is 2. The number of rotatable bonds is 8. The predicted molar refractivity (Wildman–Crippen MR) is 205 cm³/mol. The molecule has 268 valence electrons. The first-order valence-electron chi connectivity index (χ1n) is 17.1. The number of fused-ring (bicyclic) bond motifs is 2. The van der Waals surface area contributed by atoms with Crippen LogP contribution < -0.4 is 4.90 Å². The summed E-state index contributed by atoms with van der Waals surface area (Å²) in [6, 6.07) is 17.5. The van der Waals surface area contributed by atoms with E-state index in [4.69, 9.17) is 11.6 Å². The number of halogens is 1. The fraction of sp³-hybridized carbons (Fsp3) is 0.325. The Kier molecular flexibility index (Phi) is 9.65. The highest BCUT2D eigenvalue weighted by molar-refractivity contribution is 7.86. The van der Waals surface area contributed by atoms with E-state index < -0.39 is 31.1 Å². The molecule has 3 aromatic carbocycles. The summed E-state index contributed by atoms with van der Waals surface area (Å²) in [5, 5.41) is 0.650. The summed E-state index contributed by atoms with van der Waals surface area (Å²) in [7, 11) is -8.70. The van der Waals surface area contributed by atoms with E-state index in [0.29, 0.717) is 18.1 Å². The molecule has 2 aliphatic heterocycles. The molecule has 1 aliphatic carbocycles. The van der Waals surface area contributed by atoms with Crippen LogP contribution in [0.4, 0.5) is 11.4 Å². The highest BCUT2D eigenvalue weighted by Gasteiger charge is 2.45. The van der Waals surface area contributed by atoms with Gasteiger partial charge >= 0.3 is 0 Å². The van der Waals surface area contributed by atoms with E-state index in [1.165, 1.54) is 23.3 Å². The molecule has 0 unspecified atom stereocenters. The number of benzene rings is 3. The zero-order valence-electron chi connectivity index (χ0n) is 29.7. The van der Waals surface area contributed by atoms with Crippen molar-refractivity contribution in [3.05, 3.63) is 124 Å². The highest BCUT2D eigenvalue weighted by atomic mass is 35.5. The molecule has 0 saturated carbocycles. The molecule has 11 heteroatoms. The number of allylic oxidation sites excluding steroid dienone is 8. The number of nitrogens with zero attached hydrogens (tertiary/aromatic N) is 2. The summed E-state index contributed by atoms with van der Waals surface area (Å²) >= 11 is 6.34. The van der Waals surface area contributed by atoms with Crippen molar-refractivity contribution < 1.29 is 30.5 Å². The van der Waals surface area contributed by atoms with Crippen molar-refractivity contribution >= 4 is 54.5 Å². The molecular formula is C40H44ClN2O6S2+. The molecular weight excluding hydrogens is 704 g/mol. The van der Waals surface area contributed by atoms with Crippen molar-refractivity contribution in [1.82, 2.24) is 0 Å². The van der Waals surface area contributed by atoms with Gasteiger partial charge in [-0.05, 0) is 123 Å². The van der Waals surface area contributed by atoms with E-state index in [-0.39, 0.29) is 9.79 Å². The van der Waals surface area contributed by atoms with E-state index in [9.17, 15) is 25.9 Å². The number of hydrogen-bond acceptors (Lipinski definition) is 5. The van der Waals surface area contributed by atoms with Gasteiger partial charge in [-0.25, -0.2) is 0 Å². The first kappa shape index (κ1) is 37.0. The molecule has 0 bridgehead atoms. The summed E-state index contributed by atoms with van der Waals surface area (Å²) in [5.74, 6) is 0. The summed E-state index contributed by atoms with van der Waals surface area (Å²) in [5.41, 5.74) is 9.03. The number of likely N-dealkylation sites (N-methyl/N-ethyl adjacent to an activating group) is 1. The summed E-state index contributed by atoms with van der Waals surface area (Å²) in [6.07, 6.45) is 11.3. The lowest BCUT2D eigenvalue weighted by molar-refractivity contribution is -0.433. The molecule has 0 atom stereocenters. The van der Waals surface area contributed by atoms with E-state index >= 15 is 0 Å². The van der Waals surface area contributed by atoms with Crippen LogP contribution in [0.15, 0.2) is 112 Å². The fourth-order valence-corrected chi connectivity index (χ4v) is 9.06. The molecule has 0 aromatic heterocycles. The highest BCUT2D eigenvalue weighted by Crippen LogP contribution is 2.49. The van der Waals surface area contributed by atoms with Crippen molar-refractivity contribution in [1.29, 1.82) is 0 Å². The summed E-state index contributed by atoms with van der Waals surface area (Å²) in [6.45, 7) is 13.8. The van der Waals surface area contributed by atoms with Crippen molar-refractivity contribution in [2.24, 2.45) is 0 Å². The average molecular weight is 748 g/mol. The molecule has 8 nitrogen and oxygen atoms in total. The van der Waals surface area contributed by atoms with Crippen LogP contribution in [-0.2, 0) is 31.1 Å². The molecule has 51 heavy (non-hydrogen) atoms. The van der Waals surface area contributed by atoms with Crippen molar-refractivity contribution in [3.8, 4) is 0 Å². The normalized spacial score (nSPS) is 20.2. The van der Waals surface area contributed by atoms with Crippen LogP contribution in [0.25, 0.3) is 5.57 Å². The Morgan fingerprint density at radius 1 is 0.804 bits per heavy atom. The molecule has 0 fully saturated rings. The average Bonchev–Trinajstić information content (AvgIpc) is 3.43. The van der Waals surface area contributed by atoms with Gasteiger partial charge in [0.25, 0.3) is 20.2 Å². The second-order valence-corrected chi connectivity index (χ2v) is 17.5. The van der Waals surface area contributed by atoms with E-state index in [2.05, 4.69) is 75.3 Å². The van der Waals surface area contributed by atoms with Crippen LogP contribution in [-0.4, -0.2) is 49.3 Å². The SMILES string of the molecule is CCN1C(=CC=C2CCCC(C=CC3=[N+](CC)c4ccc(S(=O)(=O)O)cc4C3(C)C)=C2c2ccc(Cl)cc2)C(C)(C)c2cc(S(=O)(=O)O)ccc21. The predicted octanol–water partition coefficient (Wildman–Crippen LogP) is 9.05. The van der Waals surface area contributed by atoms with Crippen LogP contribution in [0.1, 0.15) is 77.5 Å². The minimum atomic E-state index is -4.35. The quantitative estimate of drug-likeness (QED) is 0.175. The van der Waals surface area contributed by atoms with Crippen LogP contribution in [0.2, 0.25) is 5.02 Å². The van der Waals surface area contributed by atoms with Gasteiger partial charge in [0.2, 0.25) is 5.69 Å². The minimum Gasteiger partial charge on any atom is -0.344 e. The zero-order chi connectivity index (χ0) is 37.1. The molecule has 3 aromatic rings. The second-order valence-electron chi connectivity index (χ2n) is 14.3. The lowest BCUT2D eigenvalue weighted by Crippen LogP contribution is -2.27. The Hall–Kier alpha value is -3.80. The second kappa shape index (κ2) is 13.3. The van der Waals surface area contributed by atoms with Gasteiger partial charge in [0.15, 0.2) is 5.71 Å². The molecule has 0 radical (unpaired) electrons. The Morgan fingerprint density at radius 2 is 1.43 bits per heavy atom. The van der Waals surface area contributed by atoms with Crippen molar-refractivity contribution in [3.63, 3.8) is 0 Å². The minimum absolute atomic E-state index is 0.117. The lowest BCUT2D eigenvalue weighted by Gasteiger charge is -2.27. The monoisotopic (exact) mass is 747 g/mol. The maximum absolute atomic E-state index is 12.0. The standard InChI is InChI=1S/C40H43ClN2O6S2/c1-7-42-34-20-18-30(50(44,45)46)24-32(34)39(3,4)36(42)22-14-26-10-9-11-27(38(26)28-12-16-29(41)17-13-28)15-23-37-40(5,6)33-25-31(51(47,48)49)19-21-35(33)43(37)8-2/h12-25H,7-11H2,1-6H3,(H-,44,45,46,47,48,49)/p+1. The van der Waals surface area contributed by atoms with E-state index in [1.807, 2.05) is 24.3 Å². The Bertz CT molecular complexity index is 2310. The molecule has 3 aliphatic rings. The van der Waals surface area contributed by atoms with Crippen molar-refractivity contribution in [2.45, 2.75) is 81.4 Å². The van der Waals surface area contributed by atoms with Gasteiger partial charge in [0.1, 0.15) is 6.54 Å². The Labute approximate surface area is 306 Å². The molecule has 2 N–H and O–H groups in total. The molecule has 0 saturated heterocycles. The van der Waals surface area contributed by atoms with Crippen molar-refractivity contribution in [2.75, 3.05) is 18.0 Å². The van der Waals surface area contributed by atoms with Gasteiger partial charge in [-0.2, -0.15) is 21.4 Å². The smallest absolute Gasteiger partial charge is 0.294 e. The maximum Gasteiger partial charge on any atom is 0.294 e. The summed E-state index contributed by atoms with van der Waals surface area (Å²) in [4.78, 5) is 1.96. The van der Waals surface area contributed by atoms with Gasteiger partial charge in [-0.3, -0.25) is 9.11 Å². The van der Waals surface area contributed by atoms with E-state index in [1.54, 1.807) is 24.3 Å². The molecule has 6 rings (SSSR count). The van der Waals surface area contributed by atoms with Gasteiger partial charge in [-0.1, -0.05) is 49.7 Å². The topological polar surface area (TPSA) is 115 Å². The van der Waals surface area contributed by atoms with Crippen LogP contribution in [0, 0.1) is 0 Å². The zero-order valence-corrected chi connectivity index (χ0v) is 32.1. The van der Waals surface area contributed by atoms with Gasteiger partial charge in [0, 0.05) is 46.1 Å². The maximum atomic E-state index is 12.0. The van der Waals surface area contributed by atoms with Crippen LogP contribution >= 0.6 is 11.6 Å². The first-order valence-corrected chi connectivity index (χ1v) is 20.4. The molecule has 2 heterocycles. The van der Waals surface area contributed by atoms with Gasteiger partial charge < -0.3 is 4.90 Å². The molecule has 0 spiro atoms. The van der Waals surface area contributed by atoms with Gasteiger partial charge in [-0.15, -0.1) is 0 Å². The number of anilines is 1. The van der Waals surface area contributed by atoms with Crippen LogP contribution in [0.3, 0.4) is 0 Å². The summed E-state index contributed by atoms with van der Waals surface area (Å²) < 4.78 is 69.8. The first-order chi connectivity index (χ1) is 23.9. The largest absolute Gasteiger partial charge is 0.344 e. The molecule has 0 amide bonds. The van der Waals surface area contributed by atoms with Gasteiger partial charge in [0.05, 0.1) is 15.2 Å². The fourth-order valence-electron chi connectivity index (χ4n) is 7.92. The lowest BCUT2D eigenvalue weighted by atomic mass is 9.79. The van der Waals surface area contributed by atoms with E-state index in [0.717, 1.165) is 64.3 Å². The third kappa shape index (κ3) is 6.68.